The number of imidazole rings is 1. The van der Waals surface area contributed by atoms with E-state index in [4.69, 9.17) is 11.6 Å². The van der Waals surface area contributed by atoms with Crippen molar-refractivity contribution in [2.75, 3.05) is 0 Å². The van der Waals surface area contributed by atoms with E-state index in [1.807, 2.05) is 11.5 Å². The molecule has 19 heavy (non-hydrogen) atoms. The molecule has 0 bridgehead atoms. The van der Waals surface area contributed by atoms with E-state index < -0.39 is 0 Å². The lowest BCUT2D eigenvalue weighted by molar-refractivity contribution is 0.628. The molecule has 0 radical (unpaired) electrons. The van der Waals surface area contributed by atoms with E-state index in [0.29, 0.717) is 6.54 Å². The van der Waals surface area contributed by atoms with E-state index in [-0.39, 0.29) is 11.2 Å². The van der Waals surface area contributed by atoms with Gasteiger partial charge in [0, 0.05) is 11.1 Å². The van der Waals surface area contributed by atoms with Crippen LogP contribution in [0.3, 0.4) is 0 Å². The third kappa shape index (κ3) is 2.35. The lowest BCUT2D eigenvalue weighted by atomic mass is 10.3. The van der Waals surface area contributed by atoms with E-state index in [1.54, 1.807) is 29.1 Å². The molecular formula is C13H11ClFN3S. The van der Waals surface area contributed by atoms with E-state index in [9.17, 15) is 4.39 Å². The van der Waals surface area contributed by atoms with Gasteiger partial charge in [0.15, 0.2) is 0 Å². The molecule has 0 saturated heterocycles. The Morgan fingerprint density at radius 3 is 3.00 bits per heavy atom. The van der Waals surface area contributed by atoms with Crippen molar-refractivity contribution in [1.82, 2.24) is 14.5 Å². The van der Waals surface area contributed by atoms with Gasteiger partial charge in [0.25, 0.3) is 0 Å². The third-order valence-corrected chi connectivity index (χ3v) is 3.85. The van der Waals surface area contributed by atoms with Gasteiger partial charge in [-0.15, -0.1) is 22.9 Å². The first-order chi connectivity index (χ1) is 9.15. The topological polar surface area (TPSA) is 30.7 Å². The van der Waals surface area contributed by atoms with E-state index in [1.165, 1.54) is 12.1 Å². The van der Waals surface area contributed by atoms with Crippen LogP contribution in [0.2, 0.25) is 0 Å². The highest BCUT2D eigenvalue weighted by atomic mass is 35.5. The maximum Gasteiger partial charge on any atom is 0.128 e. The Bertz CT molecular complexity index is 706. The van der Waals surface area contributed by atoms with Crippen LogP contribution in [0.25, 0.3) is 11.0 Å². The van der Waals surface area contributed by atoms with Gasteiger partial charge in [-0.2, -0.15) is 0 Å². The molecular weight excluding hydrogens is 285 g/mol. The standard InChI is InChI=1S/C13H11ClFN3S/c1-8(14)13-17-11-3-2-9(15)4-12(11)18(13)6-10-5-16-7-19-10/h2-5,7-8H,6H2,1H3. The van der Waals surface area contributed by atoms with Crippen LogP contribution in [0.4, 0.5) is 4.39 Å². The molecule has 6 heteroatoms. The summed E-state index contributed by atoms with van der Waals surface area (Å²) in [5.74, 6) is 0.474. The van der Waals surface area contributed by atoms with Crippen LogP contribution in [-0.4, -0.2) is 14.5 Å². The number of halogens is 2. The molecule has 1 aromatic carbocycles. The zero-order valence-electron chi connectivity index (χ0n) is 10.2. The normalized spacial score (nSPS) is 13.0. The van der Waals surface area contributed by atoms with Crippen LogP contribution < -0.4 is 0 Å². The smallest absolute Gasteiger partial charge is 0.128 e. The summed E-state index contributed by atoms with van der Waals surface area (Å²) < 4.78 is 15.4. The molecule has 3 nitrogen and oxygen atoms in total. The minimum Gasteiger partial charge on any atom is -0.321 e. The van der Waals surface area contributed by atoms with Crippen molar-refractivity contribution >= 4 is 34.0 Å². The highest BCUT2D eigenvalue weighted by molar-refractivity contribution is 7.09. The monoisotopic (exact) mass is 295 g/mol. The van der Waals surface area contributed by atoms with Gasteiger partial charge in [-0.25, -0.2) is 9.37 Å². The molecule has 0 fully saturated rings. The largest absolute Gasteiger partial charge is 0.321 e. The van der Waals surface area contributed by atoms with Crippen LogP contribution in [0.5, 0.6) is 0 Å². The Balaban J connectivity index is 2.18. The summed E-state index contributed by atoms with van der Waals surface area (Å²) in [6.07, 6.45) is 1.80. The maximum absolute atomic E-state index is 13.4. The Labute approximate surface area is 118 Å². The number of alkyl halides is 1. The van der Waals surface area contributed by atoms with Gasteiger partial charge < -0.3 is 4.57 Å². The summed E-state index contributed by atoms with van der Waals surface area (Å²) >= 11 is 7.73. The predicted octanol–water partition coefficient (Wildman–Crippen LogP) is 3.98. The van der Waals surface area contributed by atoms with Crippen LogP contribution >= 0.6 is 22.9 Å². The van der Waals surface area contributed by atoms with Crippen molar-refractivity contribution in [2.45, 2.75) is 18.8 Å². The van der Waals surface area contributed by atoms with Gasteiger partial charge in [0.1, 0.15) is 11.6 Å². The molecule has 0 aliphatic heterocycles. The molecule has 0 N–H and O–H groups in total. The van der Waals surface area contributed by atoms with Crippen LogP contribution in [0.1, 0.15) is 23.0 Å². The van der Waals surface area contributed by atoms with Gasteiger partial charge >= 0.3 is 0 Å². The molecule has 1 atom stereocenters. The highest BCUT2D eigenvalue weighted by Crippen LogP contribution is 2.26. The lowest BCUT2D eigenvalue weighted by Gasteiger charge is -2.08. The molecule has 0 aliphatic rings. The van der Waals surface area contributed by atoms with E-state index in [0.717, 1.165) is 21.7 Å². The molecule has 3 rings (SSSR count). The number of fused-ring (bicyclic) bond motifs is 1. The SMILES string of the molecule is CC(Cl)c1nc2ccc(F)cc2n1Cc1cncs1. The minimum atomic E-state index is -0.272. The number of hydrogen-bond donors (Lipinski definition) is 0. The summed E-state index contributed by atoms with van der Waals surface area (Å²) in [5, 5.41) is -0.233. The summed E-state index contributed by atoms with van der Waals surface area (Å²) in [7, 11) is 0. The fraction of sp³-hybridized carbons (Fsp3) is 0.231. The van der Waals surface area contributed by atoms with Crippen LogP contribution in [-0.2, 0) is 6.54 Å². The average Bonchev–Trinajstić information content (AvgIpc) is 2.98. The summed E-state index contributed by atoms with van der Waals surface area (Å²) in [6.45, 7) is 2.47. The predicted molar refractivity (Wildman–Crippen MR) is 75.2 cm³/mol. The molecule has 98 valence electrons. The maximum atomic E-state index is 13.4. The fourth-order valence-corrected chi connectivity index (χ4v) is 2.81. The molecule has 2 aromatic heterocycles. The average molecular weight is 296 g/mol. The third-order valence-electron chi connectivity index (χ3n) is 2.89. The van der Waals surface area contributed by atoms with Crippen molar-refractivity contribution < 1.29 is 4.39 Å². The first kappa shape index (κ1) is 12.6. The molecule has 0 saturated carbocycles. The second-order valence-corrected chi connectivity index (χ2v) is 5.90. The number of benzene rings is 1. The van der Waals surface area contributed by atoms with Gasteiger partial charge in [0.05, 0.1) is 28.5 Å². The molecule has 0 aliphatic carbocycles. The Kier molecular flexibility index (Phi) is 3.24. The molecule has 1 unspecified atom stereocenters. The van der Waals surface area contributed by atoms with Gasteiger partial charge in [-0.05, 0) is 25.1 Å². The number of hydrogen-bond acceptors (Lipinski definition) is 3. The van der Waals surface area contributed by atoms with Crippen molar-refractivity contribution in [3.05, 3.63) is 46.4 Å². The fourth-order valence-electron chi connectivity index (χ4n) is 2.06. The van der Waals surface area contributed by atoms with Crippen molar-refractivity contribution in [1.29, 1.82) is 0 Å². The van der Waals surface area contributed by atoms with Crippen molar-refractivity contribution in [3.63, 3.8) is 0 Å². The lowest BCUT2D eigenvalue weighted by Crippen LogP contribution is -2.04. The summed E-state index contributed by atoms with van der Waals surface area (Å²) in [6, 6.07) is 4.58. The quantitative estimate of drug-likeness (QED) is 0.684. The molecule has 3 aromatic rings. The Hall–Kier alpha value is -1.46. The number of thiazole rings is 1. The van der Waals surface area contributed by atoms with Crippen LogP contribution in [0.15, 0.2) is 29.9 Å². The molecule has 0 amide bonds. The van der Waals surface area contributed by atoms with E-state index >= 15 is 0 Å². The Morgan fingerprint density at radius 2 is 2.32 bits per heavy atom. The molecule has 0 spiro atoms. The summed E-state index contributed by atoms with van der Waals surface area (Å²) in [5.41, 5.74) is 3.29. The van der Waals surface area contributed by atoms with Gasteiger partial charge in [0.2, 0.25) is 0 Å². The van der Waals surface area contributed by atoms with Crippen molar-refractivity contribution in [2.24, 2.45) is 0 Å². The van der Waals surface area contributed by atoms with E-state index in [2.05, 4.69) is 9.97 Å². The number of rotatable bonds is 3. The zero-order valence-corrected chi connectivity index (χ0v) is 11.7. The van der Waals surface area contributed by atoms with Crippen molar-refractivity contribution in [3.8, 4) is 0 Å². The first-order valence-electron chi connectivity index (χ1n) is 5.82. The van der Waals surface area contributed by atoms with Crippen LogP contribution in [0, 0.1) is 5.82 Å². The minimum absolute atomic E-state index is 0.233. The highest BCUT2D eigenvalue weighted by Gasteiger charge is 2.16. The van der Waals surface area contributed by atoms with Gasteiger partial charge in [-0.1, -0.05) is 0 Å². The van der Waals surface area contributed by atoms with Gasteiger partial charge in [-0.3, -0.25) is 4.98 Å². The second-order valence-electron chi connectivity index (χ2n) is 4.27. The second kappa shape index (κ2) is 4.90. The first-order valence-corrected chi connectivity index (χ1v) is 7.14. The summed E-state index contributed by atoms with van der Waals surface area (Å²) in [4.78, 5) is 9.62. The number of nitrogens with zero attached hydrogens (tertiary/aromatic N) is 3. The Morgan fingerprint density at radius 1 is 1.47 bits per heavy atom. The number of aromatic nitrogens is 3. The zero-order chi connectivity index (χ0) is 13.4. The molecule has 2 heterocycles.